The molecule has 9 heteroatoms. The second-order valence-electron chi connectivity index (χ2n) is 6.78. The van der Waals surface area contributed by atoms with Crippen LogP contribution in [0.25, 0.3) is 11.1 Å². The van der Waals surface area contributed by atoms with Gasteiger partial charge in [-0.2, -0.15) is 0 Å². The lowest BCUT2D eigenvalue weighted by Gasteiger charge is -2.18. The molecule has 0 radical (unpaired) electrons. The largest absolute Gasteiger partial charge is 0.480 e. The molecule has 0 amide bonds. The molecule has 1 N–H and O–H groups in total. The molecule has 0 aliphatic rings. The van der Waals surface area contributed by atoms with Gasteiger partial charge in [0.2, 0.25) is 5.88 Å². The van der Waals surface area contributed by atoms with Crippen LogP contribution < -0.4 is 10.3 Å². The van der Waals surface area contributed by atoms with Crippen molar-refractivity contribution in [2.75, 3.05) is 7.11 Å². The number of aromatic nitrogens is 2. The molecule has 3 aromatic rings. The quantitative estimate of drug-likeness (QED) is 0.478. The highest BCUT2D eigenvalue weighted by molar-refractivity contribution is 9.10. The Balaban J connectivity index is 2.13. The van der Waals surface area contributed by atoms with E-state index in [0.717, 1.165) is 14.7 Å². The van der Waals surface area contributed by atoms with E-state index in [1.54, 1.807) is 36.4 Å². The molecule has 7 nitrogen and oxygen atoms in total. The first-order valence-electron chi connectivity index (χ1n) is 9.17. The van der Waals surface area contributed by atoms with Crippen molar-refractivity contribution in [2.24, 2.45) is 0 Å². The van der Waals surface area contributed by atoms with Gasteiger partial charge in [0, 0.05) is 27.5 Å². The number of carbonyl (C=O) groups excluding carboxylic acids is 1. The highest BCUT2D eigenvalue weighted by Gasteiger charge is 2.25. The van der Waals surface area contributed by atoms with E-state index >= 15 is 0 Å². The summed E-state index contributed by atoms with van der Waals surface area (Å²) in [6.45, 7) is 1.40. The smallest absolute Gasteiger partial charge is 0.329 e. The molecule has 0 aliphatic heterocycles. The zero-order valence-electron chi connectivity index (χ0n) is 16.6. The van der Waals surface area contributed by atoms with Crippen LogP contribution in [0.2, 0.25) is 5.02 Å². The minimum atomic E-state index is -1.25. The van der Waals surface area contributed by atoms with Gasteiger partial charge in [-0.15, -0.1) is 5.10 Å². The Morgan fingerprint density at radius 2 is 1.84 bits per heavy atom. The Morgan fingerprint density at radius 3 is 2.42 bits per heavy atom. The van der Waals surface area contributed by atoms with Crippen molar-refractivity contribution in [1.82, 2.24) is 9.78 Å². The molecule has 1 unspecified atom stereocenters. The molecule has 0 aliphatic carbocycles. The van der Waals surface area contributed by atoms with Gasteiger partial charge in [0.15, 0.2) is 11.8 Å². The van der Waals surface area contributed by atoms with Gasteiger partial charge in [0.05, 0.1) is 12.7 Å². The van der Waals surface area contributed by atoms with Crippen molar-refractivity contribution < 1.29 is 19.4 Å². The fraction of sp³-hybridized carbons (Fsp3) is 0.182. The number of nitrogens with zero attached hydrogens (tertiary/aromatic N) is 2. The van der Waals surface area contributed by atoms with Crippen molar-refractivity contribution in [2.45, 2.75) is 19.4 Å². The van der Waals surface area contributed by atoms with Crippen LogP contribution in [0.3, 0.4) is 0 Å². The van der Waals surface area contributed by atoms with E-state index in [1.165, 1.54) is 26.2 Å². The molecule has 0 saturated carbocycles. The lowest BCUT2D eigenvalue weighted by molar-refractivity contribution is -0.141. The zero-order valence-corrected chi connectivity index (χ0v) is 19.0. The Hall–Kier alpha value is -2.97. The summed E-state index contributed by atoms with van der Waals surface area (Å²) >= 11 is 9.43. The van der Waals surface area contributed by atoms with Gasteiger partial charge >= 0.3 is 5.97 Å². The second-order valence-corrected chi connectivity index (χ2v) is 8.13. The first kappa shape index (κ1) is 22.7. The Morgan fingerprint density at radius 1 is 1.16 bits per heavy atom. The molecule has 1 aromatic heterocycles. The van der Waals surface area contributed by atoms with Crippen LogP contribution in [0.4, 0.5) is 0 Å². The van der Waals surface area contributed by atoms with Crippen LogP contribution in [0.5, 0.6) is 5.88 Å². The number of rotatable bonds is 7. The zero-order chi connectivity index (χ0) is 22.7. The van der Waals surface area contributed by atoms with E-state index < -0.39 is 17.6 Å². The lowest BCUT2D eigenvalue weighted by atomic mass is 9.98. The van der Waals surface area contributed by atoms with Crippen LogP contribution in [0.15, 0.2) is 57.8 Å². The summed E-state index contributed by atoms with van der Waals surface area (Å²) in [5.74, 6) is -1.43. The number of carbonyl (C=O) groups is 2. The first-order valence-corrected chi connectivity index (χ1v) is 10.3. The van der Waals surface area contributed by atoms with E-state index in [0.29, 0.717) is 16.1 Å². The summed E-state index contributed by atoms with van der Waals surface area (Å²) < 4.78 is 7.08. The molecule has 1 atom stereocenters. The SMILES string of the molecule is COc1nn(C(Cc2ccc(Br)cc2)C(=O)O)c(=O)cc1-c1cc(Cl)ccc1C(C)=O. The topological polar surface area (TPSA) is 98.5 Å². The maximum atomic E-state index is 12.9. The minimum Gasteiger partial charge on any atom is -0.480 e. The van der Waals surface area contributed by atoms with E-state index in [4.69, 9.17) is 16.3 Å². The fourth-order valence-corrected chi connectivity index (χ4v) is 3.62. The predicted octanol–water partition coefficient (Wildman–Crippen LogP) is 4.41. The highest BCUT2D eigenvalue weighted by atomic mass is 79.9. The monoisotopic (exact) mass is 504 g/mol. The molecule has 0 spiro atoms. The van der Waals surface area contributed by atoms with Gasteiger partial charge in [-0.05, 0) is 48.4 Å². The molecule has 1 heterocycles. The van der Waals surface area contributed by atoms with Gasteiger partial charge in [-0.1, -0.05) is 39.7 Å². The Labute approximate surface area is 191 Å². The maximum absolute atomic E-state index is 12.9. The summed E-state index contributed by atoms with van der Waals surface area (Å²) in [5.41, 5.74) is 1.06. The van der Waals surface area contributed by atoms with Crippen molar-refractivity contribution >= 4 is 39.3 Å². The van der Waals surface area contributed by atoms with E-state index in [2.05, 4.69) is 21.0 Å². The standard InChI is InChI=1S/C22H18BrClN2O5/c1-12(27)16-8-7-15(24)10-17(16)18-11-20(28)26(25-21(18)31-2)19(22(29)30)9-13-3-5-14(23)6-4-13/h3-8,10-11,19H,9H2,1-2H3,(H,29,30). The highest BCUT2D eigenvalue weighted by Crippen LogP contribution is 2.32. The summed E-state index contributed by atoms with van der Waals surface area (Å²) in [6, 6.07) is 11.7. The maximum Gasteiger partial charge on any atom is 0.329 e. The minimum absolute atomic E-state index is 0.00595. The third kappa shape index (κ3) is 5.03. The van der Waals surface area contributed by atoms with Gasteiger partial charge in [-0.25, -0.2) is 9.48 Å². The molecular weight excluding hydrogens is 488 g/mol. The summed E-state index contributed by atoms with van der Waals surface area (Å²) in [5, 5.41) is 14.3. The lowest BCUT2D eigenvalue weighted by Crippen LogP contribution is -2.33. The van der Waals surface area contributed by atoms with Crippen LogP contribution in [-0.2, 0) is 11.2 Å². The van der Waals surface area contributed by atoms with Crippen LogP contribution in [0, 0.1) is 0 Å². The van der Waals surface area contributed by atoms with Gasteiger partial charge < -0.3 is 9.84 Å². The molecule has 0 fully saturated rings. The van der Waals surface area contributed by atoms with E-state index in [1.807, 2.05) is 0 Å². The second kappa shape index (κ2) is 9.45. The summed E-state index contributed by atoms with van der Waals surface area (Å²) in [7, 11) is 1.35. The number of benzene rings is 2. The van der Waals surface area contributed by atoms with Crippen LogP contribution >= 0.6 is 27.5 Å². The van der Waals surface area contributed by atoms with Gasteiger partial charge in [0.1, 0.15) is 0 Å². The number of hydrogen-bond acceptors (Lipinski definition) is 5. The normalized spacial score (nSPS) is 11.7. The predicted molar refractivity (Wildman–Crippen MR) is 120 cm³/mol. The van der Waals surface area contributed by atoms with Crippen LogP contribution in [0.1, 0.15) is 28.9 Å². The average molecular weight is 506 g/mol. The number of Topliss-reactive ketones (excluding diaryl/α,β-unsaturated/α-hetero) is 1. The summed E-state index contributed by atoms with van der Waals surface area (Å²) in [6.07, 6.45) is 0.0495. The number of carboxylic acid groups (broad SMARTS) is 1. The number of methoxy groups -OCH3 is 1. The number of carboxylic acids is 1. The van der Waals surface area contributed by atoms with Crippen molar-refractivity contribution in [3.05, 3.63) is 79.5 Å². The molecule has 160 valence electrons. The molecule has 0 saturated heterocycles. The number of ether oxygens (including phenoxy) is 1. The Bertz CT molecular complexity index is 1210. The molecule has 31 heavy (non-hydrogen) atoms. The number of halogens is 2. The number of hydrogen-bond donors (Lipinski definition) is 1. The van der Waals surface area contributed by atoms with Crippen LogP contribution in [-0.4, -0.2) is 33.7 Å². The molecule has 2 aromatic carbocycles. The molecule has 3 rings (SSSR count). The van der Waals surface area contributed by atoms with Crippen molar-refractivity contribution in [1.29, 1.82) is 0 Å². The molecule has 0 bridgehead atoms. The summed E-state index contributed by atoms with van der Waals surface area (Å²) in [4.78, 5) is 36.9. The van der Waals surface area contributed by atoms with E-state index in [-0.39, 0.29) is 23.6 Å². The average Bonchev–Trinajstić information content (AvgIpc) is 2.73. The van der Waals surface area contributed by atoms with E-state index in [9.17, 15) is 19.5 Å². The third-order valence-corrected chi connectivity index (χ3v) is 5.45. The van der Waals surface area contributed by atoms with Crippen molar-refractivity contribution in [3.8, 4) is 17.0 Å². The Kier molecular flexibility index (Phi) is 6.92. The fourth-order valence-electron chi connectivity index (χ4n) is 3.19. The van der Waals surface area contributed by atoms with Gasteiger partial charge in [-0.3, -0.25) is 9.59 Å². The molecular formula is C22H18BrClN2O5. The number of ketones is 1. The third-order valence-electron chi connectivity index (χ3n) is 4.69. The van der Waals surface area contributed by atoms with Crippen molar-refractivity contribution in [3.63, 3.8) is 0 Å². The first-order chi connectivity index (χ1) is 14.7. The number of aliphatic carboxylic acids is 1. The van der Waals surface area contributed by atoms with Gasteiger partial charge in [0.25, 0.3) is 5.56 Å².